The highest BCUT2D eigenvalue weighted by Crippen LogP contribution is 2.05. The Morgan fingerprint density at radius 1 is 1.67 bits per heavy atom. The first-order chi connectivity index (χ1) is 5.83. The molecule has 1 aromatic heterocycles. The van der Waals surface area contributed by atoms with Crippen molar-refractivity contribution >= 4 is 5.97 Å². The van der Waals surface area contributed by atoms with Crippen LogP contribution in [0.3, 0.4) is 0 Å². The number of rotatable bonds is 3. The van der Waals surface area contributed by atoms with E-state index in [-0.39, 0.29) is 6.61 Å². The molecular formula is C8H9NO3. The van der Waals surface area contributed by atoms with Gasteiger partial charge in [-0.25, -0.2) is 4.79 Å². The molecule has 1 rings (SSSR count). The van der Waals surface area contributed by atoms with Gasteiger partial charge in [-0.3, -0.25) is 4.98 Å². The normalized spacial score (nSPS) is 9.42. The number of ether oxygens (including phenoxy) is 2. The minimum Gasteiger partial charge on any atom is -0.423 e. The van der Waals surface area contributed by atoms with E-state index < -0.39 is 5.97 Å². The monoisotopic (exact) mass is 167 g/mol. The summed E-state index contributed by atoms with van der Waals surface area (Å²) >= 11 is 0. The third-order valence-electron chi connectivity index (χ3n) is 1.13. The van der Waals surface area contributed by atoms with Crippen LogP contribution in [0.15, 0.2) is 24.5 Å². The first-order valence-electron chi connectivity index (χ1n) is 3.42. The average Bonchev–Trinajstić information content (AvgIpc) is 2.06. The van der Waals surface area contributed by atoms with E-state index in [1.54, 1.807) is 18.3 Å². The minimum absolute atomic E-state index is 0.0467. The molecule has 64 valence electrons. The van der Waals surface area contributed by atoms with Gasteiger partial charge >= 0.3 is 5.97 Å². The predicted octanol–water partition coefficient (Wildman–Crippen LogP) is 0.633. The zero-order valence-corrected chi connectivity index (χ0v) is 6.69. The SMILES string of the molecule is COCC(=O)Oc1cccnc1. The van der Waals surface area contributed by atoms with E-state index in [1.807, 2.05) is 0 Å². The Morgan fingerprint density at radius 2 is 2.50 bits per heavy atom. The number of methoxy groups -OCH3 is 1. The maximum Gasteiger partial charge on any atom is 0.337 e. The highest BCUT2D eigenvalue weighted by molar-refractivity contribution is 5.73. The van der Waals surface area contributed by atoms with Gasteiger partial charge < -0.3 is 9.47 Å². The van der Waals surface area contributed by atoms with Crippen molar-refractivity contribution in [1.29, 1.82) is 0 Å². The van der Waals surface area contributed by atoms with E-state index in [0.29, 0.717) is 5.75 Å². The number of pyridine rings is 1. The van der Waals surface area contributed by atoms with Gasteiger partial charge in [0.15, 0.2) is 0 Å². The fourth-order valence-electron chi connectivity index (χ4n) is 0.686. The number of hydrogen-bond acceptors (Lipinski definition) is 4. The lowest BCUT2D eigenvalue weighted by Crippen LogP contribution is -2.14. The van der Waals surface area contributed by atoms with Crippen LogP contribution in [0.25, 0.3) is 0 Å². The van der Waals surface area contributed by atoms with Crippen LogP contribution in [0.1, 0.15) is 0 Å². The smallest absolute Gasteiger partial charge is 0.337 e. The van der Waals surface area contributed by atoms with Gasteiger partial charge in [0.2, 0.25) is 0 Å². The van der Waals surface area contributed by atoms with Crippen molar-refractivity contribution in [1.82, 2.24) is 4.98 Å². The van der Waals surface area contributed by atoms with Crippen molar-refractivity contribution in [2.24, 2.45) is 0 Å². The fraction of sp³-hybridized carbons (Fsp3) is 0.250. The molecule has 0 spiro atoms. The summed E-state index contributed by atoms with van der Waals surface area (Å²) in [5.74, 6) is 0.00468. The van der Waals surface area contributed by atoms with Gasteiger partial charge in [0, 0.05) is 13.3 Å². The predicted molar refractivity (Wildman–Crippen MR) is 41.7 cm³/mol. The lowest BCUT2D eigenvalue weighted by Gasteiger charge is -2.01. The van der Waals surface area contributed by atoms with Crippen molar-refractivity contribution in [3.05, 3.63) is 24.5 Å². The number of carbonyl (C=O) groups is 1. The molecule has 0 saturated carbocycles. The molecule has 0 fully saturated rings. The average molecular weight is 167 g/mol. The summed E-state index contributed by atoms with van der Waals surface area (Å²) in [6.45, 7) is -0.0467. The molecule has 0 aromatic carbocycles. The largest absolute Gasteiger partial charge is 0.423 e. The summed E-state index contributed by atoms with van der Waals surface area (Å²) in [5.41, 5.74) is 0. The van der Waals surface area contributed by atoms with Gasteiger partial charge in [0.25, 0.3) is 0 Å². The Bertz CT molecular complexity index is 248. The zero-order valence-electron chi connectivity index (χ0n) is 6.69. The first-order valence-corrected chi connectivity index (χ1v) is 3.42. The van der Waals surface area contributed by atoms with E-state index in [1.165, 1.54) is 13.3 Å². The fourth-order valence-corrected chi connectivity index (χ4v) is 0.686. The highest BCUT2D eigenvalue weighted by atomic mass is 16.6. The summed E-state index contributed by atoms with van der Waals surface area (Å²) in [6, 6.07) is 3.34. The molecule has 0 unspecified atom stereocenters. The summed E-state index contributed by atoms with van der Waals surface area (Å²) in [5, 5.41) is 0. The summed E-state index contributed by atoms with van der Waals surface area (Å²) in [7, 11) is 1.44. The molecular weight excluding hydrogens is 158 g/mol. The summed E-state index contributed by atoms with van der Waals surface area (Å²) in [4.78, 5) is 14.6. The molecule has 0 saturated heterocycles. The van der Waals surface area contributed by atoms with Crippen LogP contribution < -0.4 is 4.74 Å². The molecule has 1 heterocycles. The van der Waals surface area contributed by atoms with Gasteiger partial charge in [0.05, 0.1) is 6.20 Å². The Kier molecular flexibility index (Phi) is 3.22. The molecule has 0 bridgehead atoms. The quantitative estimate of drug-likeness (QED) is 0.619. The van der Waals surface area contributed by atoms with Crippen molar-refractivity contribution < 1.29 is 14.3 Å². The van der Waals surface area contributed by atoms with Gasteiger partial charge in [-0.1, -0.05) is 0 Å². The Balaban J connectivity index is 2.47. The van der Waals surface area contributed by atoms with Crippen LogP contribution in [0, 0.1) is 0 Å². The van der Waals surface area contributed by atoms with Gasteiger partial charge in [0.1, 0.15) is 12.4 Å². The number of carbonyl (C=O) groups excluding carboxylic acids is 1. The molecule has 0 aliphatic rings. The van der Waals surface area contributed by atoms with Crippen LogP contribution in [0.5, 0.6) is 5.75 Å². The zero-order chi connectivity index (χ0) is 8.81. The van der Waals surface area contributed by atoms with E-state index in [4.69, 9.17) is 4.74 Å². The van der Waals surface area contributed by atoms with E-state index in [9.17, 15) is 4.79 Å². The third kappa shape index (κ3) is 2.67. The molecule has 4 heteroatoms. The lowest BCUT2D eigenvalue weighted by atomic mass is 10.5. The van der Waals surface area contributed by atoms with Crippen molar-refractivity contribution in [3.63, 3.8) is 0 Å². The number of hydrogen-bond donors (Lipinski definition) is 0. The van der Waals surface area contributed by atoms with Crippen LogP contribution in [0.4, 0.5) is 0 Å². The van der Waals surface area contributed by atoms with Crippen LogP contribution >= 0.6 is 0 Å². The van der Waals surface area contributed by atoms with Crippen LogP contribution in [0.2, 0.25) is 0 Å². The molecule has 0 amide bonds. The standard InChI is InChI=1S/C8H9NO3/c1-11-6-8(10)12-7-3-2-4-9-5-7/h2-5H,6H2,1H3. The van der Waals surface area contributed by atoms with Crippen LogP contribution in [-0.4, -0.2) is 24.7 Å². The molecule has 0 aliphatic heterocycles. The second-order valence-corrected chi connectivity index (χ2v) is 2.10. The molecule has 0 N–H and O–H groups in total. The van der Waals surface area contributed by atoms with E-state index in [2.05, 4.69) is 9.72 Å². The number of nitrogens with zero attached hydrogens (tertiary/aromatic N) is 1. The highest BCUT2D eigenvalue weighted by Gasteiger charge is 2.02. The van der Waals surface area contributed by atoms with Crippen molar-refractivity contribution in [2.45, 2.75) is 0 Å². The lowest BCUT2D eigenvalue weighted by molar-refractivity contribution is -0.138. The first kappa shape index (κ1) is 8.67. The number of esters is 1. The summed E-state index contributed by atoms with van der Waals surface area (Å²) in [6.07, 6.45) is 3.07. The number of aromatic nitrogens is 1. The van der Waals surface area contributed by atoms with Crippen molar-refractivity contribution in [2.75, 3.05) is 13.7 Å². The Hall–Kier alpha value is -1.42. The van der Waals surface area contributed by atoms with Crippen molar-refractivity contribution in [3.8, 4) is 5.75 Å². The molecule has 0 aliphatic carbocycles. The van der Waals surface area contributed by atoms with Gasteiger partial charge in [-0.2, -0.15) is 0 Å². The van der Waals surface area contributed by atoms with Crippen LogP contribution in [-0.2, 0) is 9.53 Å². The van der Waals surface area contributed by atoms with E-state index >= 15 is 0 Å². The third-order valence-corrected chi connectivity index (χ3v) is 1.13. The topological polar surface area (TPSA) is 48.4 Å². The minimum atomic E-state index is -0.425. The Morgan fingerprint density at radius 3 is 3.08 bits per heavy atom. The van der Waals surface area contributed by atoms with Gasteiger partial charge in [-0.15, -0.1) is 0 Å². The summed E-state index contributed by atoms with van der Waals surface area (Å²) < 4.78 is 9.41. The molecule has 0 atom stereocenters. The molecule has 12 heavy (non-hydrogen) atoms. The second-order valence-electron chi connectivity index (χ2n) is 2.10. The molecule has 0 radical (unpaired) electrons. The Labute approximate surface area is 70.1 Å². The molecule has 4 nitrogen and oxygen atoms in total. The molecule has 1 aromatic rings. The maximum absolute atomic E-state index is 10.8. The second kappa shape index (κ2) is 4.46. The van der Waals surface area contributed by atoms with Gasteiger partial charge in [-0.05, 0) is 12.1 Å². The maximum atomic E-state index is 10.8. The van der Waals surface area contributed by atoms with E-state index in [0.717, 1.165) is 0 Å².